The van der Waals surface area contributed by atoms with Gasteiger partial charge in [-0.15, -0.1) is 0 Å². The molecular weight excluding hydrogens is 690 g/mol. The molecular formula is C43H83NO10. The average Bonchev–Trinajstić information content (AvgIpc) is 3.17. The fourth-order valence-corrected chi connectivity index (χ4v) is 7.08. The van der Waals surface area contributed by atoms with Gasteiger partial charge in [0.15, 0.2) is 6.29 Å². The summed E-state index contributed by atoms with van der Waals surface area (Å²) in [5, 5.41) is 75.4. The van der Waals surface area contributed by atoms with Crippen molar-refractivity contribution in [3.05, 3.63) is 12.2 Å². The molecule has 11 nitrogen and oxygen atoms in total. The molecule has 1 amide bonds. The summed E-state index contributed by atoms with van der Waals surface area (Å²) in [7, 11) is 0. The Morgan fingerprint density at radius 3 is 1.56 bits per heavy atom. The SMILES string of the molecule is CCCCCCCC/C=C\CCCCCCCCC(O)C(=O)NC(COC1OC(CO)C(O)C(O)C1O)C(O)C(O)CCCCCCCCCCCCC. The Bertz CT molecular complexity index is 892. The van der Waals surface area contributed by atoms with E-state index >= 15 is 0 Å². The Kier molecular flexibility index (Phi) is 32.0. The zero-order chi connectivity index (χ0) is 39.8. The van der Waals surface area contributed by atoms with Crippen molar-refractivity contribution >= 4 is 5.91 Å². The van der Waals surface area contributed by atoms with Crippen LogP contribution in [0.2, 0.25) is 0 Å². The maximum absolute atomic E-state index is 13.0. The molecule has 0 bridgehead atoms. The Balaban J connectivity index is 2.48. The van der Waals surface area contributed by atoms with Crippen molar-refractivity contribution in [2.45, 2.75) is 242 Å². The third-order valence-electron chi connectivity index (χ3n) is 10.8. The minimum atomic E-state index is -1.66. The van der Waals surface area contributed by atoms with Crippen molar-refractivity contribution < 1.29 is 50.0 Å². The van der Waals surface area contributed by atoms with Gasteiger partial charge in [0.05, 0.1) is 25.4 Å². The van der Waals surface area contributed by atoms with Crippen LogP contribution in [0.3, 0.4) is 0 Å². The second kappa shape index (κ2) is 33.9. The quantitative estimate of drug-likeness (QED) is 0.0258. The molecule has 320 valence electrons. The maximum atomic E-state index is 13.0. The molecule has 1 fully saturated rings. The van der Waals surface area contributed by atoms with Crippen LogP contribution in [0, 0.1) is 0 Å². The number of rotatable bonds is 36. The molecule has 1 aliphatic rings. The second-order valence-corrected chi connectivity index (χ2v) is 15.8. The Hall–Kier alpha value is -1.15. The Morgan fingerprint density at radius 1 is 0.630 bits per heavy atom. The van der Waals surface area contributed by atoms with Crippen molar-refractivity contribution in [3.8, 4) is 0 Å². The van der Waals surface area contributed by atoms with Crippen LogP contribution in [0.1, 0.15) is 187 Å². The van der Waals surface area contributed by atoms with Crippen LogP contribution >= 0.6 is 0 Å². The lowest BCUT2D eigenvalue weighted by molar-refractivity contribution is -0.303. The minimum absolute atomic E-state index is 0.255. The van der Waals surface area contributed by atoms with Crippen LogP contribution in [0.25, 0.3) is 0 Å². The highest BCUT2D eigenvalue weighted by atomic mass is 16.7. The van der Waals surface area contributed by atoms with Gasteiger partial charge in [0.2, 0.25) is 5.91 Å². The highest BCUT2D eigenvalue weighted by Gasteiger charge is 2.44. The summed E-state index contributed by atoms with van der Waals surface area (Å²) < 4.78 is 11.1. The number of aliphatic hydroxyl groups is 7. The van der Waals surface area contributed by atoms with Gasteiger partial charge in [-0.3, -0.25) is 4.79 Å². The first-order valence-corrected chi connectivity index (χ1v) is 22.1. The standard InChI is InChI=1S/C43H83NO10/c1-3-5-7-9-11-13-15-16-17-18-19-21-23-25-27-29-31-36(47)42(52)44-34(33-53-43-41(51)40(50)39(49)37(32-45)54-43)38(48)35(46)30-28-26-24-22-20-14-12-10-8-6-4-2/h16-17,34-41,43,45-51H,3-15,18-33H2,1-2H3,(H,44,52)/b17-16-. The van der Waals surface area contributed by atoms with Crippen LogP contribution in [0.4, 0.5) is 0 Å². The number of unbranched alkanes of at least 4 members (excludes halogenated alkanes) is 22. The molecule has 0 aromatic carbocycles. The van der Waals surface area contributed by atoms with E-state index in [1.165, 1.54) is 89.9 Å². The third-order valence-corrected chi connectivity index (χ3v) is 10.8. The number of hydrogen-bond donors (Lipinski definition) is 8. The summed E-state index contributed by atoms with van der Waals surface area (Å²) in [6.45, 7) is 3.41. The van der Waals surface area contributed by atoms with Gasteiger partial charge in [0, 0.05) is 0 Å². The molecule has 1 rings (SSSR count). The number of ether oxygens (including phenoxy) is 2. The molecule has 1 saturated heterocycles. The summed E-state index contributed by atoms with van der Waals surface area (Å²) in [6.07, 6.45) is 22.6. The summed E-state index contributed by atoms with van der Waals surface area (Å²) in [4.78, 5) is 13.0. The normalized spacial score (nSPS) is 22.7. The second-order valence-electron chi connectivity index (χ2n) is 15.8. The molecule has 0 saturated carbocycles. The molecule has 0 spiro atoms. The summed E-state index contributed by atoms with van der Waals surface area (Å²) >= 11 is 0. The van der Waals surface area contributed by atoms with Crippen molar-refractivity contribution in [1.82, 2.24) is 5.32 Å². The van der Waals surface area contributed by atoms with E-state index in [-0.39, 0.29) is 6.42 Å². The molecule has 0 aromatic heterocycles. The molecule has 54 heavy (non-hydrogen) atoms. The van der Waals surface area contributed by atoms with Gasteiger partial charge in [-0.25, -0.2) is 0 Å². The number of hydrogen-bond acceptors (Lipinski definition) is 10. The number of allylic oxidation sites excluding steroid dienone is 2. The number of carbonyl (C=O) groups excluding carboxylic acids is 1. The first kappa shape index (κ1) is 50.9. The molecule has 11 heteroatoms. The highest BCUT2D eigenvalue weighted by molar-refractivity contribution is 5.80. The lowest BCUT2D eigenvalue weighted by atomic mass is 9.98. The van der Waals surface area contributed by atoms with E-state index in [0.717, 1.165) is 57.8 Å². The molecule has 0 radical (unpaired) electrons. The van der Waals surface area contributed by atoms with E-state index in [4.69, 9.17) is 9.47 Å². The van der Waals surface area contributed by atoms with Crippen LogP contribution in [-0.4, -0.2) is 110 Å². The third kappa shape index (κ3) is 23.8. The number of carbonyl (C=O) groups is 1. The monoisotopic (exact) mass is 774 g/mol. The van der Waals surface area contributed by atoms with Crippen LogP contribution in [0.15, 0.2) is 12.2 Å². The van der Waals surface area contributed by atoms with E-state index < -0.39 is 74.2 Å². The first-order valence-electron chi connectivity index (χ1n) is 22.1. The van der Waals surface area contributed by atoms with Gasteiger partial charge in [-0.1, -0.05) is 161 Å². The van der Waals surface area contributed by atoms with Gasteiger partial charge in [-0.2, -0.15) is 0 Å². The predicted octanol–water partition coefficient (Wildman–Crippen LogP) is 6.50. The predicted molar refractivity (Wildman–Crippen MR) is 215 cm³/mol. The van der Waals surface area contributed by atoms with E-state index in [1.54, 1.807) is 0 Å². The Morgan fingerprint density at radius 2 is 1.07 bits per heavy atom. The molecule has 0 aromatic rings. The number of aliphatic hydroxyl groups excluding tert-OH is 7. The van der Waals surface area contributed by atoms with Gasteiger partial charge in [-0.05, 0) is 38.5 Å². The number of amides is 1. The molecule has 9 atom stereocenters. The summed E-state index contributed by atoms with van der Waals surface area (Å²) in [5.74, 6) is -0.703. The van der Waals surface area contributed by atoms with E-state index in [9.17, 15) is 40.5 Å². The van der Waals surface area contributed by atoms with Gasteiger partial charge >= 0.3 is 0 Å². The molecule has 1 aliphatic heterocycles. The van der Waals surface area contributed by atoms with Crippen LogP contribution in [0.5, 0.6) is 0 Å². The maximum Gasteiger partial charge on any atom is 0.249 e. The van der Waals surface area contributed by atoms with E-state index in [0.29, 0.717) is 19.3 Å². The highest BCUT2D eigenvalue weighted by Crippen LogP contribution is 2.23. The van der Waals surface area contributed by atoms with Gasteiger partial charge < -0.3 is 50.5 Å². The largest absolute Gasteiger partial charge is 0.394 e. The molecule has 1 heterocycles. The Labute approximate surface area is 328 Å². The van der Waals surface area contributed by atoms with Crippen molar-refractivity contribution in [2.75, 3.05) is 13.2 Å². The van der Waals surface area contributed by atoms with Crippen LogP contribution in [-0.2, 0) is 14.3 Å². The molecule has 9 unspecified atom stereocenters. The first-order chi connectivity index (χ1) is 26.2. The lowest BCUT2D eigenvalue weighted by Crippen LogP contribution is -2.60. The molecule has 8 N–H and O–H groups in total. The summed E-state index contributed by atoms with van der Waals surface area (Å²) in [5.41, 5.74) is 0. The zero-order valence-electron chi connectivity index (χ0n) is 34.2. The lowest BCUT2D eigenvalue weighted by Gasteiger charge is -2.40. The summed E-state index contributed by atoms with van der Waals surface area (Å²) in [6, 6.07) is -1.16. The fraction of sp³-hybridized carbons (Fsp3) is 0.930. The zero-order valence-corrected chi connectivity index (χ0v) is 34.2. The smallest absolute Gasteiger partial charge is 0.249 e. The van der Waals surface area contributed by atoms with Crippen LogP contribution < -0.4 is 5.32 Å². The van der Waals surface area contributed by atoms with Crippen molar-refractivity contribution in [3.63, 3.8) is 0 Å². The average molecular weight is 774 g/mol. The fourth-order valence-electron chi connectivity index (χ4n) is 7.08. The number of nitrogens with one attached hydrogen (secondary N) is 1. The topological polar surface area (TPSA) is 189 Å². The minimum Gasteiger partial charge on any atom is -0.394 e. The van der Waals surface area contributed by atoms with E-state index in [2.05, 4.69) is 31.3 Å². The van der Waals surface area contributed by atoms with Crippen molar-refractivity contribution in [1.29, 1.82) is 0 Å². The van der Waals surface area contributed by atoms with E-state index in [1.807, 2.05) is 0 Å². The van der Waals surface area contributed by atoms with Gasteiger partial charge in [0.25, 0.3) is 0 Å². The van der Waals surface area contributed by atoms with Gasteiger partial charge in [0.1, 0.15) is 36.6 Å². The molecule has 0 aliphatic carbocycles. The van der Waals surface area contributed by atoms with Crippen molar-refractivity contribution in [2.24, 2.45) is 0 Å².